The van der Waals surface area contributed by atoms with E-state index in [1.165, 1.54) is 6.08 Å². The van der Waals surface area contributed by atoms with E-state index < -0.39 is 12.2 Å². The predicted octanol–water partition coefficient (Wildman–Crippen LogP) is 2.17. The summed E-state index contributed by atoms with van der Waals surface area (Å²) in [5, 5.41) is 11.9. The smallest absolute Gasteiger partial charge is 0.410 e. The number of likely N-dealkylation sites (tertiary alicyclic amines) is 1. The average Bonchev–Trinajstić information content (AvgIpc) is 3.18. The molecule has 0 bridgehead atoms. The third kappa shape index (κ3) is 2.90. The highest BCUT2D eigenvalue weighted by atomic mass is 32.1. The van der Waals surface area contributed by atoms with Crippen LogP contribution in [0.25, 0.3) is 10.9 Å². The fourth-order valence-electron chi connectivity index (χ4n) is 2.52. The molecule has 116 valence electrons. The normalized spacial score (nSPS) is 21.8. The van der Waals surface area contributed by atoms with Crippen LogP contribution in [-0.2, 0) is 4.74 Å². The number of hydrogen-bond acceptors (Lipinski definition) is 5. The van der Waals surface area contributed by atoms with E-state index in [-0.39, 0.29) is 19.2 Å². The Kier molecular flexibility index (Phi) is 4.26. The van der Waals surface area contributed by atoms with Gasteiger partial charge in [-0.1, -0.05) is 18.7 Å². The Morgan fingerprint density at radius 3 is 3.32 bits per heavy atom. The molecular formula is C15H17N3O3S. The van der Waals surface area contributed by atoms with Crippen molar-refractivity contribution in [1.29, 1.82) is 0 Å². The Balaban J connectivity index is 1.74. The van der Waals surface area contributed by atoms with Gasteiger partial charge in [0.1, 0.15) is 17.8 Å². The number of aliphatic hydroxyl groups excluding tert-OH is 1. The largest absolute Gasteiger partial charge is 0.445 e. The number of β-amino-alcohol motifs (C(OH)–C–C–N with tert-alkyl or cyclic N) is 1. The molecule has 2 atom stereocenters. The number of aromatic nitrogens is 2. The highest BCUT2D eigenvalue weighted by molar-refractivity contribution is 7.15. The zero-order valence-corrected chi connectivity index (χ0v) is 12.8. The number of carbonyl (C=O) groups is 1. The minimum atomic E-state index is -0.526. The second-order valence-electron chi connectivity index (χ2n) is 5.10. The van der Waals surface area contributed by atoms with Crippen molar-refractivity contribution in [1.82, 2.24) is 14.3 Å². The first-order valence-electron chi connectivity index (χ1n) is 6.99. The standard InChI is InChI=1S/C15H17N3O3S/c1-2-5-21-15(20)17-8-13(19)6-11(17)3-4-12-9-22-14-7-16-10-18(12)14/h2-4,7,9-11,13,19H,1,5-6,8H2/t11-,13-/m1/s1. The maximum absolute atomic E-state index is 12.0. The molecule has 1 fully saturated rings. The van der Waals surface area contributed by atoms with Gasteiger partial charge in [-0.3, -0.25) is 9.30 Å². The number of rotatable bonds is 4. The number of ether oxygens (including phenoxy) is 1. The Bertz CT molecular complexity index is 706. The molecule has 1 amide bonds. The molecule has 1 N–H and O–H groups in total. The summed E-state index contributed by atoms with van der Waals surface area (Å²) in [6, 6.07) is -0.175. The molecule has 0 aliphatic carbocycles. The van der Waals surface area contributed by atoms with Gasteiger partial charge >= 0.3 is 6.09 Å². The van der Waals surface area contributed by atoms with Gasteiger partial charge in [-0.15, -0.1) is 11.3 Å². The van der Waals surface area contributed by atoms with Crippen LogP contribution < -0.4 is 0 Å². The molecule has 3 heterocycles. The molecule has 0 radical (unpaired) electrons. The van der Waals surface area contributed by atoms with Gasteiger partial charge in [-0.05, 0) is 12.5 Å². The van der Waals surface area contributed by atoms with Gasteiger partial charge in [-0.2, -0.15) is 0 Å². The Morgan fingerprint density at radius 2 is 2.50 bits per heavy atom. The summed E-state index contributed by atoms with van der Waals surface area (Å²) >= 11 is 1.61. The Hall–Kier alpha value is -2.12. The number of carbonyl (C=O) groups excluding carboxylic acids is 1. The molecule has 1 aliphatic heterocycles. The maximum Gasteiger partial charge on any atom is 0.410 e. The maximum atomic E-state index is 12.0. The van der Waals surface area contributed by atoms with E-state index in [4.69, 9.17) is 4.74 Å². The number of aliphatic hydroxyl groups is 1. The molecule has 6 nitrogen and oxygen atoms in total. The summed E-state index contributed by atoms with van der Waals surface area (Å²) in [6.07, 6.45) is 8.51. The van der Waals surface area contributed by atoms with Crippen molar-refractivity contribution in [2.75, 3.05) is 13.2 Å². The van der Waals surface area contributed by atoms with Crippen molar-refractivity contribution < 1.29 is 14.6 Å². The highest BCUT2D eigenvalue weighted by Crippen LogP contribution is 2.22. The summed E-state index contributed by atoms with van der Waals surface area (Å²) in [5.41, 5.74) is 0.998. The molecule has 0 unspecified atom stereocenters. The molecule has 2 aromatic rings. The number of amides is 1. The third-order valence-corrected chi connectivity index (χ3v) is 4.46. The lowest BCUT2D eigenvalue weighted by atomic mass is 10.2. The molecule has 1 saturated heterocycles. The quantitative estimate of drug-likeness (QED) is 0.877. The summed E-state index contributed by atoms with van der Waals surface area (Å²) < 4.78 is 7.04. The topological polar surface area (TPSA) is 67.1 Å². The van der Waals surface area contributed by atoms with Gasteiger partial charge in [0.15, 0.2) is 0 Å². The molecule has 3 rings (SSSR count). The van der Waals surface area contributed by atoms with Crippen LogP contribution in [0, 0.1) is 0 Å². The van der Waals surface area contributed by atoms with Crippen molar-refractivity contribution in [2.45, 2.75) is 18.6 Å². The molecule has 0 aromatic carbocycles. The van der Waals surface area contributed by atoms with Crippen LogP contribution in [0.4, 0.5) is 4.79 Å². The van der Waals surface area contributed by atoms with Crippen molar-refractivity contribution in [3.8, 4) is 0 Å². The van der Waals surface area contributed by atoms with Crippen LogP contribution >= 0.6 is 11.3 Å². The molecule has 0 saturated carbocycles. The number of imidazole rings is 1. The zero-order chi connectivity index (χ0) is 15.5. The monoisotopic (exact) mass is 319 g/mol. The Labute approximate surface area is 132 Å². The lowest BCUT2D eigenvalue weighted by molar-refractivity contribution is 0.107. The first-order chi connectivity index (χ1) is 10.7. The molecule has 22 heavy (non-hydrogen) atoms. The van der Waals surface area contributed by atoms with Gasteiger partial charge in [0.25, 0.3) is 0 Å². The number of thiazole rings is 1. The molecule has 2 aromatic heterocycles. The summed E-state index contributed by atoms with van der Waals surface area (Å²) in [7, 11) is 0. The van der Waals surface area contributed by atoms with Gasteiger partial charge in [0.05, 0.1) is 30.6 Å². The predicted molar refractivity (Wildman–Crippen MR) is 84.8 cm³/mol. The molecule has 0 spiro atoms. The van der Waals surface area contributed by atoms with Gasteiger partial charge in [0, 0.05) is 5.38 Å². The van der Waals surface area contributed by atoms with Gasteiger partial charge in [0.2, 0.25) is 0 Å². The molecule has 1 aliphatic rings. The summed E-state index contributed by atoms with van der Waals surface area (Å²) in [5.74, 6) is 0. The van der Waals surface area contributed by atoms with Crippen molar-refractivity contribution >= 4 is 28.3 Å². The van der Waals surface area contributed by atoms with Crippen molar-refractivity contribution in [3.63, 3.8) is 0 Å². The fraction of sp³-hybridized carbons (Fsp3) is 0.333. The summed E-state index contributed by atoms with van der Waals surface area (Å²) in [6.45, 7) is 3.98. The van der Waals surface area contributed by atoms with Gasteiger partial charge < -0.3 is 9.84 Å². The molecular weight excluding hydrogens is 302 g/mol. The van der Waals surface area contributed by atoms with E-state index in [0.29, 0.717) is 6.42 Å². The van der Waals surface area contributed by atoms with Crippen LogP contribution in [0.5, 0.6) is 0 Å². The van der Waals surface area contributed by atoms with Crippen LogP contribution in [0.1, 0.15) is 12.1 Å². The average molecular weight is 319 g/mol. The highest BCUT2D eigenvalue weighted by Gasteiger charge is 2.33. The summed E-state index contributed by atoms with van der Waals surface area (Å²) in [4.78, 5) is 18.7. The van der Waals surface area contributed by atoms with E-state index in [0.717, 1.165) is 10.5 Å². The number of hydrogen-bond donors (Lipinski definition) is 1. The molecule has 7 heteroatoms. The lowest BCUT2D eigenvalue weighted by Crippen LogP contribution is -2.35. The number of nitrogens with zero attached hydrogens (tertiary/aromatic N) is 3. The van der Waals surface area contributed by atoms with E-state index in [9.17, 15) is 9.90 Å². The number of fused-ring (bicyclic) bond motifs is 1. The second-order valence-corrected chi connectivity index (χ2v) is 5.99. The van der Waals surface area contributed by atoms with Crippen LogP contribution in [-0.4, -0.2) is 50.8 Å². The first kappa shape index (κ1) is 14.8. The fourth-order valence-corrected chi connectivity index (χ4v) is 3.34. The van der Waals surface area contributed by atoms with Crippen molar-refractivity contribution in [2.24, 2.45) is 0 Å². The third-order valence-electron chi connectivity index (χ3n) is 3.55. The first-order valence-corrected chi connectivity index (χ1v) is 7.87. The minimum Gasteiger partial charge on any atom is -0.445 e. The van der Waals surface area contributed by atoms with Crippen LogP contribution in [0.15, 0.2) is 36.6 Å². The van der Waals surface area contributed by atoms with Crippen LogP contribution in [0.3, 0.4) is 0 Å². The van der Waals surface area contributed by atoms with E-state index in [1.807, 2.05) is 21.9 Å². The van der Waals surface area contributed by atoms with Crippen molar-refractivity contribution in [3.05, 3.63) is 42.3 Å². The SMILES string of the molecule is C=CCOC(=O)N1C[C@H](O)C[C@H]1C=Cc1csc2cncn12. The lowest BCUT2D eigenvalue weighted by Gasteiger charge is -2.20. The minimum absolute atomic E-state index is 0.169. The Morgan fingerprint density at radius 1 is 1.64 bits per heavy atom. The van der Waals surface area contributed by atoms with Gasteiger partial charge in [-0.25, -0.2) is 9.78 Å². The van der Waals surface area contributed by atoms with E-state index in [2.05, 4.69) is 11.6 Å². The van der Waals surface area contributed by atoms with Crippen LogP contribution in [0.2, 0.25) is 0 Å². The second kappa shape index (κ2) is 6.33. The van der Waals surface area contributed by atoms with E-state index in [1.54, 1.807) is 28.8 Å². The van der Waals surface area contributed by atoms with E-state index >= 15 is 0 Å². The zero-order valence-electron chi connectivity index (χ0n) is 12.0.